The Morgan fingerprint density at radius 1 is 0.558 bits per heavy atom. The van der Waals surface area contributed by atoms with Crippen LogP contribution in [0.3, 0.4) is 0 Å². The smallest absolute Gasteiger partial charge is 0.164 e. The van der Waals surface area contributed by atoms with Crippen molar-refractivity contribution in [2.45, 2.75) is 32.1 Å². The molecule has 0 aliphatic heterocycles. The van der Waals surface area contributed by atoms with Crippen molar-refractivity contribution in [1.29, 1.82) is 0 Å². The van der Waals surface area contributed by atoms with Crippen LogP contribution in [-0.4, -0.2) is 19.5 Å². The average Bonchev–Trinajstić information content (AvgIpc) is 3.67. The lowest BCUT2D eigenvalue weighted by Crippen LogP contribution is -2.15. The molecule has 0 bridgehead atoms. The zero-order valence-electron chi connectivity index (χ0n) is 29.2. The van der Waals surface area contributed by atoms with Crippen molar-refractivity contribution in [3.05, 3.63) is 175 Å². The first kappa shape index (κ1) is 30.4. The van der Waals surface area contributed by atoms with E-state index in [1.165, 1.54) is 55.2 Å². The van der Waals surface area contributed by atoms with Crippen LogP contribution in [0.1, 0.15) is 43.6 Å². The van der Waals surface area contributed by atoms with E-state index >= 15 is 0 Å². The third-order valence-electron chi connectivity index (χ3n) is 10.9. The molecule has 0 atom stereocenters. The molecule has 0 radical (unpaired) electrons. The Kier molecular flexibility index (Phi) is 6.94. The minimum Gasteiger partial charge on any atom is -0.309 e. The first-order valence-electron chi connectivity index (χ1n) is 18.1. The lowest BCUT2D eigenvalue weighted by Gasteiger charge is -2.22. The number of benzene rings is 6. The van der Waals surface area contributed by atoms with Crippen LogP contribution in [0.25, 0.3) is 78.1 Å². The fourth-order valence-electron chi connectivity index (χ4n) is 8.40. The zero-order valence-corrected chi connectivity index (χ0v) is 29.2. The first-order valence-corrected chi connectivity index (χ1v) is 18.1. The van der Waals surface area contributed by atoms with Gasteiger partial charge in [0.25, 0.3) is 0 Å². The summed E-state index contributed by atoms with van der Waals surface area (Å²) in [6, 6.07) is 50.1. The van der Waals surface area contributed by atoms with Crippen LogP contribution in [0.5, 0.6) is 0 Å². The molecule has 0 N–H and O–H groups in total. The van der Waals surface area contributed by atoms with Gasteiger partial charge in [-0.2, -0.15) is 0 Å². The van der Waals surface area contributed by atoms with Gasteiger partial charge in [-0.05, 0) is 82.1 Å². The molecule has 0 amide bonds. The standard InChI is InChI=1S/C48H36N4/c1-48(2)39-25-14-24-38(47-50-45(31-16-6-3-7-17-31)49-46(51-47)32-18-8-4-9-19-32)43(39)36-29-28-33(30-40(36)48)35-23-15-27-42-44(35)37-22-12-13-26-41(37)52(42)34-20-10-5-11-21-34/h3-8,10-18,20-30H,9,19H2,1-2H3. The summed E-state index contributed by atoms with van der Waals surface area (Å²) in [7, 11) is 0. The molecular weight excluding hydrogens is 633 g/mol. The molecular formula is C48H36N4. The predicted octanol–water partition coefficient (Wildman–Crippen LogP) is 12.0. The molecule has 2 aliphatic carbocycles. The third-order valence-corrected chi connectivity index (χ3v) is 10.9. The summed E-state index contributed by atoms with van der Waals surface area (Å²) in [6.45, 7) is 4.70. The van der Waals surface area contributed by atoms with Crippen LogP contribution in [0.4, 0.5) is 0 Å². The Hall–Kier alpha value is -6.39. The van der Waals surface area contributed by atoms with Crippen LogP contribution in [0.2, 0.25) is 0 Å². The predicted molar refractivity (Wildman–Crippen MR) is 214 cm³/mol. The van der Waals surface area contributed by atoms with Crippen molar-refractivity contribution in [3.63, 3.8) is 0 Å². The molecule has 248 valence electrons. The van der Waals surface area contributed by atoms with Gasteiger partial charge in [0.2, 0.25) is 0 Å². The van der Waals surface area contributed by atoms with Gasteiger partial charge < -0.3 is 4.57 Å². The SMILES string of the molecule is CC1(C)c2cc(-c3cccc4c3c3ccccc3n4-c3ccccc3)ccc2-c2c(-c3nc(C4=CC=CCC4)nc(-c4ccccc4)n3)cccc21. The monoisotopic (exact) mass is 668 g/mol. The maximum Gasteiger partial charge on any atom is 0.164 e. The maximum absolute atomic E-state index is 5.18. The van der Waals surface area contributed by atoms with Crippen molar-refractivity contribution in [3.8, 4) is 50.7 Å². The van der Waals surface area contributed by atoms with Crippen LogP contribution in [0, 0.1) is 0 Å². The molecule has 0 saturated heterocycles. The normalized spacial score (nSPS) is 14.4. The largest absolute Gasteiger partial charge is 0.309 e. The topological polar surface area (TPSA) is 43.6 Å². The van der Waals surface area contributed by atoms with Gasteiger partial charge in [-0.3, -0.25) is 0 Å². The van der Waals surface area contributed by atoms with E-state index in [0.29, 0.717) is 11.6 Å². The van der Waals surface area contributed by atoms with Gasteiger partial charge in [-0.15, -0.1) is 0 Å². The van der Waals surface area contributed by atoms with Crippen molar-refractivity contribution < 1.29 is 0 Å². The highest BCUT2D eigenvalue weighted by Crippen LogP contribution is 2.53. The third kappa shape index (κ3) is 4.71. The second-order valence-electron chi connectivity index (χ2n) is 14.3. The molecule has 8 aromatic rings. The van der Waals surface area contributed by atoms with Gasteiger partial charge in [0.15, 0.2) is 17.5 Å². The first-order chi connectivity index (χ1) is 25.6. The molecule has 6 aromatic carbocycles. The zero-order chi connectivity index (χ0) is 34.8. The number of hydrogen-bond donors (Lipinski definition) is 0. The summed E-state index contributed by atoms with van der Waals surface area (Å²) >= 11 is 0. The summed E-state index contributed by atoms with van der Waals surface area (Å²) in [5.41, 5.74) is 14.0. The Bertz CT molecular complexity index is 2750. The second kappa shape index (κ2) is 11.9. The van der Waals surface area contributed by atoms with E-state index < -0.39 is 0 Å². The van der Waals surface area contributed by atoms with E-state index in [1.54, 1.807) is 0 Å². The molecule has 10 rings (SSSR count). The lowest BCUT2D eigenvalue weighted by molar-refractivity contribution is 0.660. The summed E-state index contributed by atoms with van der Waals surface area (Å²) < 4.78 is 2.39. The molecule has 4 nitrogen and oxygen atoms in total. The van der Waals surface area contributed by atoms with E-state index in [4.69, 9.17) is 15.0 Å². The van der Waals surface area contributed by atoms with Gasteiger partial charge in [-0.1, -0.05) is 141 Å². The highest BCUT2D eigenvalue weighted by atomic mass is 15.0. The summed E-state index contributed by atoms with van der Waals surface area (Å²) in [5, 5.41) is 2.53. The molecule has 0 spiro atoms. The van der Waals surface area contributed by atoms with Gasteiger partial charge in [0.1, 0.15) is 0 Å². The number of para-hydroxylation sites is 2. The van der Waals surface area contributed by atoms with Crippen molar-refractivity contribution >= 4 is 27.4 Å². The van der Waals surface area contributed by atoms with E-state index in [-0.39, 0.29) is 5.41 Å². The Labute approximate surface area is 303 Å². The highest BCUT2D eigenvalue weighted by molar-refractivity contribution is 6.16. The number of aromatic nitrogens is 4. The van der Waals surface area contributed by atoms with Gasteiger partial charge >= 0.3 is 0 Å². The number of fused-ring (bicyclic) bond motifs is 6. The number of allylic oxidation sites excluding steroid dienone is 4. The minimum absolute atomic E-state index is 0.225. The van der Waals surface area contributed by atoms with Crippen LogP contribution < -0.4 is 0 Å². The van der Waals surface area contributed by atoms with Crippen molar-refractivity contribution in [2.75, 3.05) is 0 Å². The van der Waals surface area contributed by atoms with Crippen LogP contribution in [0.15, 0.2) is 158 Å². The van der Waals surface area contributed by atoms with Gasteiger partial charge in [-0.25, -0.2) is 15.0 Å². The molecule has 2 aromatic heterocycles. The van der Waals surface area contributed by atoms with Crippen LogP contribution >= 0.6 is 0 Å². The van der Waals surface area contributed by atoms with Crippen molar-refractivity contribution in [1.82, 2.24) is 19.5 Å². The number of hydrogen-bond acceptors (Lipinski definition) is 3. The highest BCUT2D eigenvalue weighted by Gasteiger charge is 2.38. The van der Waals surface area contributed by atoms with E-state index in [2.05, 4.69) is 158 Å². The molecule has 52 heavy (non-hydrogen) atoms. The molecule has 4 heteroatoms. The number of nitrogens with zero attached hydrogens (tertiary/aromatic N) is 4. The molecule has 0 saturated carbocycles. The van der Waals surface area contributed by atoms with Gasteiger partial charge in [0, 0.05) is 33.0 Å². The fourth-order valence-corrected chi connectivity index (χ4v) is 8.40. The Morgan fingerprint density at radius 3 is 2.10 bits per heavy atom. The molecule has 2 aliphatic rings. The van der Waals surface area contributed by atoms with E-state index in [0.717, 1.165) is 41.1 Å². The minimum atomic E-state index is -0.225. The van der Waals surface area contributed by atoms with E-state index in [1.807, 2.05) is 18.2 Å². The Balaban J connectivity index is 1.16. The maximum atomic E-state index is 5.18. The van der Waals surface area contributed by atoms with Gasteiger partial charge in [0.05, 0.1) is 11.0 Å². The quantitative estimate of drug-likeness (QED) is 0.183. The summed E-state index contributed by atoms with van der Waals surface area (Å²) in [5.74, 6) is 2.16. The lowest BCUT2D eigenvalue weighted by atomic mass is 9.81. The number of rotatable bonds is 5. The second-order valence-corrected chi connectivity index (χ2v) is 14.3. The van der Waals surface area contributed by atoms with E-state index in [9.17, 15) is 0 Å². The fraction of sp³-hybridized carbons (Fsp3) is 0.104. The average molecular weight is 669 g/mol. The molecule has 0 unspecified atom stereocenters. The molecule has 2 heterocycles. The Morgan fingerprint density at radius 2 is 1.27 bits per heavy atom. The van der Waals surface area contributed by atoms with Crippen LogP contribution in [-0.2, 0) is 5.41 Å². The molecule has 0 fully saturated rings. The van der Waals surface area contributed by atoms with Crippen molar-refractivity contribution in [2.24, 2.45) is 0 Å². The summed E-state index contributed by atoms with van der Waals surface area (Å²) in [4.78, 5) is 15.3. The summed E-state index contributed by atoms with van der Waals surface area (Å²) in [6.07, 6.45) is 8.35.